The number of aromatic nitrogens is 2. The maximum Gasteiger partial charge on any atom is 0.296 e. The molecule has 0 aliphatic carbocycles. The summed E-state index contributed by atoms with van der Waals surface area (Å²) in [5, 5.41) is 3.18. The summed E-state index contributed by atoms with van der Waals surface area (Å²) >= 11 is 7.75. The number of nitrogen functional groups attached to an aromatic ring is 1. The number of amides is 2. The molecule has 4 rings (SSSR count). The highest BCUT2D eigenvalue weighted by Crippen LogP contribution is 2.38. The van der Waals surface area contributed by atoms with E-state index in [1.54, 1.807) is 24.4 Å². The van der Waals surface area contributed by atoms with Crippen molar-refractivity contribution < 1.29 is 19.2 Å². The monoisotopic (exact) mass is 655 g/mol. The lowest BCUT2D eigenvalue weighted by Gasteiger charge is -2.37. The van der Waals surface area contributed by atoms with Crippen LogP contribution in [0.5, 0.6) is 0 Å². The van der Waals surface area contributed by atoms with Crippen LogP contribution in [-0.4, -0.2) is 71.0 Å². The molecule has 3 aromatic rings. The average molecular weight is 656 g/mol. The third-order valence-electron chi connectivity index (χ3n) is 6.62. The maximum absolute atomic E-state index is 12.7. The topological polar surface area (TPSA) is 165 Å². The van der Waals surface area contributed by atoms with Gasteiger partial charge in [0.15, 0.2) is 5.82 Å². The van der Waals surface area contributed by atoms with E-state index in [4.69, 9.17) is 23.1 Å². The van der Waals surface area contributed by atoms with Gasteiger partial charge in [-0.15, -0.1) is 0 Å². The Balaban J connectivity index is 0.00000169. The van der Waals surface area contributed by atoms with Gasteiger partial charge in [-0.05, 0) is 31.9 Å². The molecule has 13 heteroatoms. The fraction of sp³-hybridized carbons (Fsp3) is 0.375. The second-order valence-corrected chi connectivity index (χ2v) is 11.6. The van der Waals surface area contributed by atoms with Gasteiger partial charge in [0.1, 0.15) is 10.8 Å². The van der Waals surface area contributed by atoms with Crippen LogP contribution in [0.15, 0.2) is 58.6 Å². The van der Waals surface area contributed by atoms with Crippen LogP contribution in [0.2, 0.25) is 5.02 Å². The zero-order chi connectivity index (χ0) is 33.9. The number of likely N-dealkylation sites (N-methyl/N-ethyl adjacent to an activating group) is 1. The van der Waals surface area contributed by atoms with Gasteiger partial charge < -0.3 is 26.6 Å². The third kappa shape index (κ3) is 9.74. The number of ketones is 2. The maximum atomic E-state index is 12.7. The van der Waals surface area contributed by atoms with Gasteiger partial charge >= 0.3 is 0 Å². The molecule has 1 aromatic heterocycles. The molecule has 0 atom stereocenters. The minimum Gasteiger partial charge on any atom is -0.381 e. The number of Topliss-reactive ketones (excluding diaryl/α,β-unsaturated/α-hetero) is 2. The highest BCUT2D eigenvalue weighted by Gasteiger charge is 2.27. The highest BCUT2D eigenvalue weighted by atomic mass is 35.5. The lowest BCUT2D eigenvalue weighted by Crippen LogP contribution is -2.48. The van der Waals surface area contributed by atoms with E-state index in [0.29, 0.717) is 15.7 Å². The molecule has 45 heavy (non-hydrogen) atoms. The average Bonchev–Trinajstić information content (AvgIpc) is 3.04. The largest absolute Gasteiger partial charge is 0.381 e. The fourth-order valence-electron chi connectivity index (χ4n) is 4.06. The molecule has 1 aliphatic heterocycles. The van der Waals surface area contributed by atoms with Crippen molar-refractivity contribution in [2.75, 3.05) is 43.1 Å². The van der Waals surface area contributed by atoms with Gasteiger partial charge in [-0.3, -0.25) is 19.2 Å². The highest BCUT2D eigenvalue weighted by molar-refractivity contribution is 7.99. The molecule has 5 N–H and O–H groups in total. The number of hydrogen-bond donors (Lipinski definition) is 3. The first kappa shape index (κ1) is 37.2. The molecule has 242 valence electrons. The Labute approximate surface area is 274 Å². The minimum absolute atomic E-state index is 0.0472. The quantitative estimate of drug-likeness (QED) is 0.213. The second kappa shape index (κ2) is 16.9. The minimum atomic E-state index is -0.920. The van der Waals surface area contributed by atoms with E-state index in [-0.39, 0.29) is 33.2 Å². The van der Waals surface area contributed by atoms with E-state index in [1.165, 1.54) is 50.1 Å². The first-order valence-corrected chi connectivity index (χ1v) is 15.9. The molecule has 0 saturated carbocycles. The first-order chi connectivity index (χ1) is 21.4. The number of hydrogen-bond acceptors (Lipinski definition) is 10. The van der Waals surface area contributed by atoms with E-state index in [0.717, 1.165) is 30.8 Å². The summed E-state index contributed by atoms with van der Waals surface area (Å²) in [5.41, 5.74) is 12.6. The summed E-state index contributed by atoms with van der Waals surface area (Å²) in [4.78, 5) is 62.3. The first-order valence-electron chi connectivity index (χ1n) is 14.7. The van der Waals surface area contributed by atoms with Crippen LogP contribution < -0.4 is 21.7 Å². The van der Waals surface area contributed by atoms with Crippen LogP contribution in [0.4, 0.5) is 17.3 Å². The number of halogens is 1. The molecule has 0 bridgehead atoms. The standard InChI is InChI=1S/C28H30ClN7O4S.2C2H6/c1-28(31)11-13-36(14-12-28)20-15-32-26(24(30)34-20)41-19-6-4-5-18(21(19)29)33-25(39)22(37)16-7-9-17(10-8-16)23(38)27(40)35(2)3;2*1-2/h4-10,15H,11-14,31H2,1-3H3,(H2,30,34)(H,33,39);2*1-2H3. The summed E-state index contributed by atoms with van der Waals surface area (Å²) in [5.74, 6) is -2.26. The zero-order valence-electron chi connectivity index (χ0n) is 26.8. The van der Waals surface area contributed by atoms with Gasteiger partial charge in [-0.25, -0.2) is 9.97 Å². The molecule has 1 fully saturated rings. The summed E-state index contributed by atoms with van der Waals surface area (Å²) in [7, 11) is 2.93. The van der Waals surface area contributed by atoms with Crippen molar-refractivity contribution in [1.29, 1.82) is 0 Å². The Kier molecular flexibility index (Phi) is 14.0. The van der Waals surface area contributed by atoms with Crippen LogP contribution in [0.1, 0.15) is 68.2 Å². The zero-order valence-corrected chi connectivity index (χ0v) is 28.4. The van der Waals surface area contributed by atoms with Gasteiger partial charge in [0.2, 0.25) is 5.78 Å². The van der Waals surface area contributed by atoms with Crippen molar-refractivity contribution in [2.24, 2.45) is 5.73 Å². The van der Waals surface area contributed by atoms with Gasteiger partial charge in [0, 0.05) is 48.7 Å². The molecule has 0 radical (unpaired) electrons. The van der Waals surface area contributed by atoms with Gasteiger partial charge in [0.05, 0.1) is 16.9 Å². The summed E-state index contributed by atoms with van der Waals surface area (Å²) < 4.78 is 0. The van der Waals surface area contributed by atoms with E-state index in [9.17, 15) is 19.2 Å². The fourth-order valence-corrected chi connectivity index (χ4v) is 5.16. The van der Waals surface area contributed by atoms with Crippen molar-refractivity contribution in [3.05, 3.63) is 64.8 Å². The van der Waals surface area contributed by atoms with Crippen molar-refractivity contribution >= 4 is 64.1 Å². The molecule has 11 nitrogen and oxygen atoms in total. The van der Waals surface area contributed by atoms with Gasteiger partial charge in [-0.2, -0.15) is 0 Å². The number of carbonyl (C=O) groups excluding carboxylic acids is 4. The SMILES string of the molecule is CC.CC.CN(C)C(=O)C(=O)c1ccc(C(=O)C(=O)Nc2cccc(Sc3ncc(N4CCC(C)(N)CC4)nc3N)c2Cl)cc1. The lowest BCUT2D eigenvalue weighted by molar-refractivity contribution is -0.124. The van der Waals surface area contributed by atoms with Gasteiger partial charge in [-0.1, -0.05) is 81.4 Å². The summed E-state index contributed by atoms with van der Waals surface area (Å²) in [6, 6.07) is 10.2. The van der Waals surface area contributed by atoms with Crippen molar-refractivity contribution in [2.45, 2.75) is 62.9 Å². The van der Waals surface area contributed by atoms with Crippen molar-refractivity contribution in [3.63, 3.8) is 0 Å². The second-order valence-electron chi connectivity index (χ2n) is 10.2. The molecule has 2 heterocycles. The van der Waals surface area contributed by atoms with E-state index in [1.807, 2.05) is 34.6 Å². The molecular weight excluding hydrogens is 614 g/mol. The lowest BCUT2D eigenvalue weighted by atomic mass is 9.91. The van der Waals surface area contributed by atoms with Crippen LogP contribution in [0, 0.1) is 0 Å². The Hall–Kier alpha value is -4.00. The number of nitrogens with one attached hydrogen (secondary N) is 1. The summed E-state index contributed by atoms with van der Waals surface area (Å²) in [6.45, 7) is 11.6. The molecule has 1 aliphatic rings. The van der Waals surface area contributed by atoms with Crippen LogP contribution in [0.25, 0.3) is 0 Å². The molecular formula is C32H42ClN7O4S. The number of nitrogens with two attached hydrogens (primary N) is 2. The Morgan fingerprint density at radius 1 is 0.956 bits per heavy atom. The Morgan fingerprint density at radius 2 is 1.51 bits per heavy atom. The van der Waals surface area contributed by atoms with Crippen molar-refractivity contribution in [1.82, 2.24) is 14.9 Å². The van der Waals surface area contributed by atoms with E-state index in [2.05, 4.69) is 20.2 Å². The molecule has 0 spiro atoms. The number of carbonyl (C=O) groups is 4. The van der Waals surface area contributed by atoms with Crippen LogP contribution in [-0.2, 0) is 9.59 Å². The number of piperidine rings is 1. The third-order valence-corrected chi connectivity index (χ3v) is 8.20. The normalized spacial score (nSPS) is 13.3. The Morgan fingerprint density at radius 3 is 2.04 bits per heavy atom. The molecule has 2 aromatic carbocycles. The molecule has 1 saturated heterocycles. The summed E-state index contributed by atoms with van der Waals surface area (Å²) in [6.07, 6.45) is 3.33. The number of anilines is 3. The number of benzene rings is 2. The molecule has 0 unspecified atom stereocenters. The predicted octanol–water partition coefficient (Wildman–Crippen LogP) is 5.33. The van der Waals surface area contributed by atoms with Crippen LogP contribution >= 0.6 is 23.4 Å². The number of rotatable bonds is 8. The number of nitrogens with zero attached hydrogens (tertiary/aromatic N) is 4. The smallest absolute Gasteiger partial charge is 0.296 e. The predicted molar refractivity (Wildman–Crippen MR) is 181 cm³/mol. The van der Waals surface area contributed by atoms with Crippen molar-refractivity contribution in [3.8, 4) is 0 Å². The van der Waals surface area contributed by atoms with Gasteiger partial charge in [0.25, 0.3) is 17.6 Å². The van der Waals surface area contributed by atoms with E-state index < -0.39 is 23.4 Å². The Bertz CT molecular complexity index is 1500. The van der Waals surface area contributed by atoms with E-state index >= 15 is 0 Å². The van der Waals surface area contributed by atoms with Crippen LogP contribution in [0.3, 0.4) is 0 Å². The molecule has 2 amide bonds.